The van der Waals surface area contributed by atoms with Gasteiger partial charge in [0.05, 0.1) is 18.0 Å². The van der Waals surface area contributed by atoms with Gasteiger partial charge in [-0.2, -0.15) is 0 Å². The topological polar surface area (TPSA) is 58.6 Å². The average Bonchev–Trinajstić information content (AvgIpc) is 2.58. The van der Waals surface area contributed by atoms with Gasteiger partial charge in [-0.25, -0.2) is 4.39 Å². The quantitative estimate of drug-likeness (QED) is 0.835. The van der Waals surface area contributed by atoms with Crippen LogP contribution in [0.15, 0.2) is 48.5 Å². The Balaban J connectivity index is 2.06. The third-order valence-electron chi connectivity index (χ3n) is 3.55. The lowest BCUT2D eigenvalue weighted by molar-refractivity contribution is -0.117. The average molecular weight is 344 g/mol. The molecule has 0 unspecified atom stereocenters. The summed E-state index contributed by atoms with van der Waals surface area (Å²) in [6, 6.07) is 13.1. The molecule has 0 atom stereocenters. The number of anilines is 2. The second-order valence-corrected chi connectivity index (χ2v) is 5.35. The number of ether oxygens (including phenoxy) is 1. The number of hydrogen-bond acceptors (Lipinski definition) is 3. The van der Waals surface area contributed by atoms with Crippen molar-refractivity contribution >= 4 is 23.2 Å². The number of carbonyl (C=O) groups excluding carboxylic acids is 2. The second-order valence-electron chi connectivity index (χ2n) is 5.35. The molecule has 2 aromatic rings. The molecule has 0 aliphatic carbocycles. The van der Waals surface area contributed by atoms with Gasteiger partial charge in [-0.15, -0.1) is 0 Å². The van der Waals surface area contributed by atoms with Gasteiger partial charge in [-0.3, -0.25) is 9.59 Å². The van der Waals surface area contributed by atoms with Crippen molar-refractivity contribution in [3.63, 3.8) is 0 Å². The van der Waals surface area contributed by atoms with E-state index in [9.17, 15) is 14.0 Å². The van der Waals surface area contributed by atoms with Crippen molar-refractivity contribution in [3.8, 4) is 5.75 Å². The van der Waals surface area contributed by atoms with Crippen LogP contribution in [-0.4, -0.2) is 25.0 Å². The largest absolute Gasteiger partial charge is 0.492 e. The van der Waals surface area contributed by atoms with Gasteiger partial charge in [0.1, 0.15) is 11.6 Å². The summed E-state index contributed by atoms with van der Waals surface area (Å²) in [7, 11) is 0. The van der Waals surface area contributed by atoms with E-state index in [1.165, 1.54) is 24.0 Å². The molecule has 0 saturated heterocycles. The Morgan fingerprint density at radius 2 is 1.80 bits per heavy atom. The van der Waals surface area contributed by atoms with Crippen molar-refractivity contribution < 1.29 is 18.7 Å². The Morgan fingerprint density at radius 1 is 1.12 bits per heavy atom. The molecule has 0 bridgehead atoms. The van der Waals surface area contributed by atoms with Gasteiger partial charge in [0, 0.05) is 19.9 Å². The van der Waals surface area contributed by atoms with Crippen LogP contribution >= 0.6 is 0 Å². The van der Waals surface area contributed by atoms with E-state index in [-0.39, 0.29) is 30.5 Å². The number of para-hydroxylation sites is 3. The number of carbonyl (C=O) groups is 2. The first-order valence-electron chi connectivity index (χ1n) is 8.07. The highest BCUT2D eigenvalue weighted by Crippen LogP contribution is 2.28. The van der Waals surface area contributed by atoms with Crippen LogP contribution in [-0.2, 0) is 9.59 Å². The van der Waals surface area contributed by atoms with Crippen molar-refractivity contribution in [2.45, 2.75) is 20.3 Å². The van der Waals surface area contributed by atoms with Crippen LogP contribution in [0.2, 0.25) is 0 Å². The first-order chi connectivity index (χ1) is 12.0. The fourth-order valence-electron chi connectivity index (χ4n) is 2.39. The van der Waals surface area contributed by atoms with Gasteiger partial charge < -0.3 is 15.0 Å². The van der Waals surface area contributed by atoms with Gasteiger partial charge in [0.15, 0.2) is 0 Å². The number of nitrogens with one attached hydrogen (secondary N) is 1. The molecule has 6 heteroatoms. The molecule has 0 heterocycles. The standard InChI is InChI=1S/C19H21FN2O3/c1-3-25-18-11-7-6-10-17(18)22(14(2)23)13-12-19(24)21-16-9-5-4-8-15(16)20/h4-11H,3,12-13H2,1-2H3,(H,21,24). The third kappa shape index (κ3) is 5.04. The fraction of sp³-hybridized carbons (Fsp3) is 0.263. The monoisotopic (exact) mass is 344 g/mol. The van der Waals surface area contributed by atoms with Crippen LogP contribution in [0.1, 0.15) is 20.3 Å². The molecule has 2 aromatic carbocycles. The van der Waals surface area contributed by atoms with Crippen LogP contribution in [0, 0.1) is 5.82 Å². The number of benzene rings is 2. The minimum Gasteiger partial charge on any atom is -0.492 e. The molecule has 1 N–H and O–H groups in total. The molecule has 5 nitrogen and oxygen atoms in total. The molecule has 25 heavy (non-hydrogen) atoms. The van der Waals surface area contributed by atoms with Crippen molar-refractivity contribution in [3.05, 3.63) is 54.3 Å². The summed E-state index contributed by atoms with van der Waals surface area (Å²) < 4.78 is 19.1. The van der Waals surface area contributed by atoms with E-state index in [0.717, 1.165) is 0 Å². The Labute approximate surface area is 146 Å². The maximum absolute atomic E-state index is 13.6. The van der Waals surface area contributed by atoms with E-state index < -0.39 is 5.82 Å². The Bertz CT molecular complexity index is 749. The molecule has 0 spiro atoms. The van der Waals surface area contributed by atoms with Gasteiger partial charge in [0.25, 0.3) is 0 Å². The summed E-state index contributed by atoms with van der Waals surface area (Å²) in [5.41, 5.74) is 0.729. The van der Waals surface area contributed by atoms with Crippen molar-refractivity contribution in [1.29, 1.82) is 0 Å². The smallest absolute Gasteiger partial charge is 0.226 e. The second kappa shape index (κ2) is 8.82. The van der Waals surface area contributed by atoms with E-state index in [1.54, 1.807) is 30.3 Å². The van der Waals surface area contributed by atoms with Crippen molar-refractivity contribution in [2.75, 3.05) is 23.4 Å². The summed E-state index contributed by atoms with van der Waals surface area (Å²) in [6.07, 6.45) is 0.0361. The third-order valence-corrected chi connectivity index (χ3v) is 3.55. The van der Waals surface area contributed by atoms with E-state index in [2.05, 4.69) is 5.32 Å². The van der Waals surface area contributed by atoms with Crippen LogP contribution in [0.3, 0.4) is 0 Å². The van der Waals surface area contributed by atoms with Gasteiger partial charge >= 0.3 is 0 Å². The molecule has 132 valence electrons. The lowest BCUT2D eigenvalue weighted by Crippen LogP contribution is -2.32. The Kier molecular flexibility index (Phi) is 6.51. The van der Waals surface area contributed by atoms with E-state index >= 15 is 0 Å². The van der Waals surface area contributed by atoms with Crippen LogP contribution in [0.4, 0.5) is 15.8 Å². The van der Waals surface area contributed by atoms with Crippen molar-refractivity contribution in [1.82, 2.24) is 0 Å². The van der Waals surface area contributed by atoms with Crippen molar-refractivity contribution in [2.24, 2.45) is 0 Å². The molecule has 0 fully saturated rings. The highest BCUT2D eigenvalue weighted by atomic mass is 19.1. The minimum absolute atomic E-state index is 0.0361. The summed E-state index contributed by atoms with van der Waals surface area (Å²) in [6.45, 7) is 3.92. The zero-order chi connectivity index (χ0) is 18.2. The normalized spacial score (nSPS) is 10.2. The number of halogens is 1. The molecule has 2 rings (SSSR count). The molecule has 0 radical (unpaired) electrons. The number of nitrogens with zero attached hydrogens (tertiary/aromatic N) is 1. The zero-order valence-electron chi connectivity index (χ0n) is 14.3. The molecular formula is C19H21FN2O3. The summed E-state index contributed by atoms with van der Waals surface area (Å²) in [5.74, 6) is -0.494. The number of hydrogen-bond donors (Lipinski definition) is 1. The van der Waals surface area contributed by atoms with Gasteiger partial charge in [-0.1, -0.05) is 24.3 Å². The highest BCUT2D eigenvalue weighted by molar-refractivity contribution is 5.95. The summed E-state index contributed by atoms with van der Waals surface area (Å²) >= 11 is 0. The van der Waals surface area contributed by atoms with Gasteiger partial charge in [0.2, 0.25) is 11.8 Å². The Hall–Kier alpha value is -2.89. The molecule has 2 amide bonds. The first kappa shape index (κ1) is 18.4. The summed E-state index contributed by atoms with van der Waals surface area (Å²) in [5, 5.41) is 2.51. The maximum atomic E-state index is 13.6. The lowest BCUT2D eigenvalue weighted by atomic mass is 10.2. The molecule has 0 aliphatic rings. The van der Waals surface area contributed by atoms with Gasteiger partial charge in [-0.05, 0) is 31.2 Å². The predicted molar refractivity (Wildman–Crippen MR) is 95.3 cm³/mol. The minimum atomic E-state index is -0.499. The summed E-state index contributed by atoms with van der Waals surface area (Å²) in [4.78, 5) is 25.6. The van der Waals surface area contributed by atoms with Crippen LogP contribution < -0.4 is 15.0 Å². The van der Waals surface area contributed by atoms with E-state index in [0.29, 0.717) is 18.0 Å². The Morgan fingerprint density at radius 3 is 2.48 bits per heavy atom. The van der Waals surface area contributed by atoms with Crippen LogP contribution in [0.25, 0.3) is 0 Å². The van der Waals surface area contributed by atoms with Crippen LogP contribution in [0.5, 0.6) is 5.75 Å². The maximum Gasteiger partial charge on any atom is 0.226 e. The number of amides is 2. The molecule has 0 aromatic heterocycles. The van der Waals surface area contributed by atoms with E-state index in [4.69, 9.17) is 4.74 Å². The predicted octanol–water partition coefficient (Wildman–Crippen LogP) is 3.61. The van der Waals surface area contributed by atoms with E-state index in [1.807, 2.05) is 13.0 Å². The number of rotatable bonds is 7. The zero-order valence-corrected chi connectivity index (χ0v) is 14.3. The molecule has 0 saturated carbocycles. The molecular weight excluding hydrogens is 323 g/mol. The highest BCUT2D eigenvalue weighted by Gasteiger charge is 2.17. The fourth-order valence-corrected chi connectivity index (χ4v) is 2.39. The SMILES string of the molecule is CCOc1ccccc1N(CCC(=O)Nc1ccccc1F)C(C)=O. The molecule has 0 aliphatic heterocycles. The first-order valence-corrected chi connectivity index (χ1v) is 8.07. The lowest BCUT2D eigenvalue weighted by Gasteiger charge is -2.23.